The second-order valence-corrected chi connectivity index (χ2v) is 5.56. The van der Waals surface area contributed by atoms with Crippen molar-refractivity contribution >= 4 is 11.6 Å². The van der Waals surface area contributed by atoms with Crippen molar-refractivity contribution in [2.75, 3.05) is 25.0 Å². The number of hydrogen-bond acceptors (Lipinski definition) is 2. The first kappa shape index (κ1) is 14.1. The van der Waals surface area contributed by atoms with Crippen molar-refractivity contribution in [2.24, 2.45) is 0 Å². The smallest absolute Gasteiger partial charge is 0.238 e. The monoisotopic (exact) mass is 260 g/mol. The topological polar surface area (TPSA) is 32.3 Å². The molecule has 0 spiro atoms. The molecule has 1 aromatic rings. The van der Waals surface area contributed by atoms with Gasteiger partial charge in [-0.05, 0) is 57.0 Å². The van der Waals surface area contributed by atoms with Crippen molar-refractivity contribution in [3.63, 3.8) is 0 Å². The molecule has 1 aromatic carbocycles. The van der Waals surface area contributed by atoms with Crippen LogP contribution in [-0.2, 0) is 4.79 Å². The zero-order valence-corrected chi connectivity index (χ0v) is 12.0. The molecule has 1 heterocycles. The molecule has 104 valence electrons. The van der Waals surface area contributed by atoms with E-state index < -0.39 is 0 Å². The molecule has 3 heteroatoms. The van der Waals surface area contributed by atoms with Gasteiger partial charge in [-0.25, -0.2) is 0 Å². The molecule has 1 amide bonds. The Labute approximate surface area is 116 Å². The molecular formula is C16H24N2O. The van der Waals surface area contributed by atoms with E-state index in [0.717, 1.165) is 24.3 Å². The van der Waals surface area contributed by atoms with Gasteiger partial charge in [0.2, 0.25) is 5.91 Å². The molecule has 0 aromatic heterocycles. The molecular weight excluding hydrogens is 236 g/mol. The second kappa shape index (κ2) is 6.71. The molecule has 0 aliphatic carbocycles. The molecule has 1 N–H and O–H groups in total. The van der Waals surface area contributed by atoms with Crippen LogP contribution in [0.25, 0.3) is 0 Å². The van der Waals surface area contributed by atoms with Gasteiger partial charge in [0.15, 0.2) is 0 Å². The lowest BCUT2D eigenvalue weighted by atomic mass is 10.1. The third kappa shape index (κ3) is 4.35. The highest BCUT2D eigenvalue weighted by Crippen LogP contribution is 2.16. The summed E-state index contributed by atoms with van der Waals surface area (Å²) >= 11 is 0. The fraction of sp³-hybridized carbons (Fsp3) is 0.562. The summed E-state index contributed by atoms with van der Waals surface area (Å²) in [5.74, 6) is 0.107. The van der Waals surface area contributed by atoms with Gasteiger partial charge < -0.3 is 5.32 Å². The zero-order valence-electron chi connectivity index (χ0n) is 12.0. The van der Waals surface area contributed by atoms with Crippen LogP contribution >= 0.6 is 0 Å². The zero-order chi connectivity index (χ0) is 13.7. The van der Waals surface area contributed by atoms with Gasteiger partial charge in [0.05, 0.1) is 6.54 Å². The van der Waals surface area contributed by atoms with E-state index >= 15 is 0 Å². The molecule has 0 atom stereocenters. The molecule has 2 rings (SSSR count). The van der Waals surface area contributed by atoms with Crippen LogP contribution < -0.4 is 5.32 Å². The van der Waals surface area contributed by atoms with E-state index in [2.05, 4.69) is 22.3 Å². The number of likely N-dealkylation sites (tertiary alicyclic amines) is 1. The van der Waals surface area contributed by atoms with E-state index in [0.29, 0.717) is 6.54 Å². The minimum Gasteiger partial charge on any atom is -0.325 e. The molecule has 1 fully saturated rings. The van der Waals surface area contributed by atoms with Crippen LogP contribution in [0, 0.1) is 13.8 Å². The summed E-state index contributed by atoms with van der Waals surface area (Å²) in [7, 11) is 0. The Morgan fingerprint density at radius 1 is 1.16 bits per heavy atom. The third-order valence-corrected chi connectivity index (χ3v) is 3.73. The van der Waals surface area contributed by atoms with E-state index in [1.807, 2.05) is 19.9 Å². The van der Waals surface area contributed by atoms with Crippen molar-refractivity contribution < 1.29 is 4.79 Å². The Hall–Kier alpha value is -1.35. The third-order valence-electron chi connectivity index (χ3n) is 3.73. The SMILES string of the molecule is Cc1ccc(C)c(NC(=O)CN2CCCCCC2)c1. The van der Waals surface area contributed by atoms with Gasteiger partial charge in [-0.1, -0.05) is 25.0 Å². The summed E-state index contributed by atoms with van der Waals surface area (Å²) in [6.45, 7) is 6.71. The number of benzene rings is 1. The fourth-order valence-electron chi connectivity index (χ4n) is 2.56. The maximum Gasteiger partial charge on any atom is 0.238 e. The average molecular weight is 260 g/mol. The van der Waals surface area contributed by atoms with E-state index in [1.165, 1.54) is 31.2 Å². The molecule has 0 unspecified atom stereocenters. The molecule has 1 aliphatic heterocycles. The van der Waals surface area contributed by atoms with Crippen LogP contribution in [0.15, 0.2) is 18.2 Å². The summed E-state index contributed by atoms with van der Waals surface area (Å²) in [5, 5.41) is 3.04. The van der Waals surface area contributed by atoms with Crippen LogP contribution in [0.5, 0.6) is 0 Å². The summed E-state index contributed by atoms with van der Waals surface area (Å²) in [6, 6.07) is 6.16. The Kier molecular flexibility index (Phi) is 4.97. The van der Waals surface area contributed by atoms with Gasteiger partial charge in [-0.3, -0.25) is 9.69 Å². The number of carbonyl (C=O) groups excluding carboxylic acids is 1. The first-order chi connectivity index (χ1) is 9.15. The standard InChI is InChI=1S/C16H24N2O/c1-13-7-8-14(2)15(11-13)17-16(19)12-18-9-5-3-4-6-10-18/h7-8,11H,3-6,9-10,12H2,1-2H3,(H,17,19). The highest BCUT2D eigenvalue weighted by atomic mass is 16.2. The second-order valence-electron chi connectivity index (χ2n) is 5.56. The molecule has 1 aliphatic rings. The maximum atomic E-state index is 12.1. The largest absolute Gasteiger partial charge is 0.325 e. The van der Waals surface area contributed by atoms with Gasteiger partial charge in [0.1, 0.15) is 0 Å². The predicted molar refractivity (Wildman–Crippen MR) is 79.5 cm³/mol. The number of hydrogen-bond donors (Lipinski definition) is 1. The Bertz CT molecular complexity index is 434. The van der Waals surface area contributed by atoms with Gasteiger partial charge in [-0.2, -0.15) is 0 Å². The summed E-state index contributed by atoms with van der Waals surface area (Å²) in [6.07, 6.45) is 5.04. The summed E-state index contributed by atoms with van der Waals surface area (Å²) in [4.78, 5) is 14.4. The molecule has 19 heavy (non-hydrogen) atoms. The number of rotatable bonds is 3. The van der Waals surface area contributed by atoms with E-state index in [4.69, 9.17) is 0 Å². The normalized spacial score (nSPS) is 16.9. The van der Waals surface area contributed by atoms with Gasteiger partial charge in [0.25, 0.3) is 0 Å². The van der Waals surface area contributed by atoms with Gasteiger partial charge >= 0.3 is 0 Å². The van der Waals surface area contributed by atoms with E-state index in [1.54, 1.807) is 0 Å². The quantitative estimate of drug-likeness (QED) is 0.905. The molecule has 0 saturated carbocycles. The number of carbonyl (C=O) groups is 1. The van der Waals surface area contributed by atoms with E-state index in [-0.39, 0.29) is 5.91 Å². The van der Waals surface area contributed by atoms with Crippen molar-refractivity contribution in [1.29, 1.82) is 0 Å². The van der Waals surface area contributed by atoms with Crippen molar-refractivity contribution in [3.05, 3.63) is 29.3 Å². The van der Waals surface area contributed by atoms with Crippen LogP contribution in [0.4, 0.5) is 5.69 Å². The van der Waals surface area contributed by atoms with Gasteiger partial charge in [0, 0.05) is 5.69 Å². The Morgan fingerprint density at radius 3 is 2.53 bits per heavy atom. The summed E-state index contributed by atoms with van der Waals surface area (Å²) < 4.78 is 0. The minimum absolute atomic E-state index is 0.107. The van der Waals surface area contributed by atoms with Crippen LogP contribution in [0.3, 0.4) is 0 Å². The Balaban J connectivity index is 1.91. The highest BCUT2D eigenvalue weighted by Gasteiger charge is 2.13. The molecule has 1 saturated heterocycles. The molecule has 3 nitrogen and oxygen atoms in total. The fourth-order valence-corrected chi connectivity index (χ4v) is 2.56. The lowest BCUT2D eigenvalue weighted by molar-refractivity contribution is -0.117. The number of nitrogens with zero attached hydrogens (tertiary/aromatic N) is 1. The molecule has 0 bridgehead atoms. The molecule has 0 radical (unpaired) electrons. The average Bonchev–Trinajstić information content (AvgIpc) is 2.62. The van der Waals surface area contributed by atoms with Crippen LogP contribution in [-0.4, -0.2) is 30.4 Å². The Morgan fingerprint density at radius 2 is 1.84 bits per heavy atom. The number of nitrogens with one attached hydrogen (secondary N) is 1. The minimum atomic E-state index is 0.107. The number of aryl methyl sites for hydroxylation is 2. The number of amides is 1. The summed E-state index contributed by atoms with van der Waals surface area (Å²) in [5.41, 5.74) is 3.24. The highest BCUT2D eigenvalue weighted by molar-refractivity contribution is 5.93. The maximum absolute atomic E-state index is 12.1. The lowest BCUT2D eigenvalue weighted by Crippen LogP contribution is -2.34. The van der Waals surface area contributed by atoms with Crippen LogP contribution in [0.2, 0.25) is 0 Å². The first-order valence-corrected chi connectivity index (χ1v) is 7.24. The first-order valence-electron chi connectivity index (χ1n) is 7.24. The van der Waals surface area contributed by atoms with E-state index in [9.17, 15) is 4.79 Å². The van der Waals surface area contributed by atoms with Crippen molar-refractivity contribution in [2.45, 2.75) is 39.5 Å². The predicted octanol–water partition coefficient (Wildman–Crippen LogP) is 3.12. The van der Waals surface area contributed by atoms with Crippen LogP contribution in [0.1, 0.15) is 36.8 Å². The van der Waals surface area contributed by atoms with Crippen molar-refractivity contribution in [1.82, 2.24) is 4.90 Å². The van der Waals surface area contributed by atoms with Crippen molar-refractivity contribution in [3.8, 4) is 0 Å². The lowest BCUT2D eigenvalue weighted by Gasteiger charge is -2.19. The van der Waals surface area contributed by atoms with Gasteiger partial charge in [-0.15, -0.1) is 0 Å². The number of anilines is 1.